The van der Waals surface area contributed by atoms with E-state index < -0.39 is 0 Å². The molecule has 0 aromatic rings. The minimum Gasteiger partial charge on any atom is -0.354 e. The summed E-state index contributed by atoms with van der Waals surface area (Å²) in [6, 6.07) is 0.342. The van der Waals surface area contributed by atoms with Crippen LogP contribution in [0.1, 0.15) is 65.7 Å². The lowest BCUT2D eigenvalue weighted by Crippen LogP contribution is -2.56. The zero-order valence-electron chi connectivity index (χ0n) is 15.9. The van der Waals surface area contributed by atoms with Crippen molar-refractivity contribution in [3.63, 3.8) is 0 Å². The summed E-state index contributed by atoms with van der Waals surface area (Å²) in [4.78, 5) is 15.3. The minimum absolute atomic E-state index is 0.0469. The standard InChI is InChI=1S/C20H37N3O/c1-14-6-5-9-23(12-14)20(2,3)13-22-19(24)17-10-15-7-4-8-16(11-17)18(15)21/h14-18H,4-13,21H2,1-3H3,(H,22,24). The first-order valence-electron chi connectivity index (χ1n) is 10.1. The van der Waals surface area contributed by atoms with Crippen molar-refractivity contribution in [1.29, 1.82) is 0 Å². The number of nitrogens with zero attached hydrogens (tertiary/aromatic N) is 1. The van der Waals surface area contributed by atoms with Crippen molar-refractivity contribution in [2.45, 2.75) is 77.3 Å². The molecule has 1 aliphatic heterocycles. The summed E-state index contributed by atoms with van der Waals surface area (Å²) in [6.45, 7) is 9.97. The highest BCUT2D eigenvalue weighted by Crippen LogP contribution is 2.41. The third-order valence-electron chi connectivity index (χ3n) is 6.99. The zero-order chi connectivity index (χ0) is 17.3. The molecule has 138 valence electrons. The van der Waals surface area contributed by atoms with Crippen molar-refractivity contribution in [3.05, 3.63) is 0 Å². The molecule has 3 fully saturated rings. The number of piperidine rings is 1. The highest BCUT2D eigenvalue weighted by molar-refractivity contribution is 5.78. The molecule has 0 aromatic heterocycles. The Bertz CT molecular complexity index is 436. The molecule has 2 bridgehead atoms. The van der Waals surface area contributed by atoms with Crippen LogP contribution in [0.3, 0.4) is 0 Å². The summed E-state index contributed by atoms with van der Waals surface area (Å²) in [6.07, 6.45) is 8.37. The highest BCUT2D eigenvalue weighted by atomic mass is 16.1. The maximum absolute atomic E-state index is 12.8. The maximum atomic E-state index is 12.8. The van der Waals surface area contributed by atoms with E-state index in [1.165, 1.54) is 32.1 Å². The van der Waals surface area contributed by atoms with Crippen LogP contribution in [0.4, 0.5) is 0 Å². The number of rotatable bonds is 4. The summed E-state index contributed by atoms with van der Waals surface area (Å²) in [7, 11) is 0. The molecule has 0 radical (unpaired) electrons. The molecule has 4 heteroatoms. The van der Waals surface area contributed by atoms with E-state index in [0.717, 1.165) is 38.4 Å². The van der Waals surface area contributed by atoms with Gasteiger partial charge in [-0.2, -0.15) is 0 Å². The Morgan fingerprint density at radius 3 is 2.46 bits per heavy atom. The van der Waals surface area contributed by atoms with E-state index in [2.05, 4.69) is 31.0 Å². The molecule has 1 amide bonds. The van der Waals surface area contributed by atoms with Crippen molar-refractivity contribution >= 4 is 5.91 Å². The number of likely N-dealkylation sites (tertiary alicyclic amines) is 1. The molecule has 3 unspecified atom stereocenters. The lowest BCUT2D eigenvalue weighted by molar-refractivity contribution is -0.128. The monoisotopic (exact) mass is 335 g/mol. The van der Waals surface area contributed by atoms with Gasteiger partial charge in [-0.3, -0.25) is 9.69 Å². The summed E-state index contributed by atoms with van der Waals surface area (Å²) in [5.41, 5.74) is 6.41. The predicted molar refractivity (Wildman–Crippen MR) is 98.6 cm³/mol. The Morgan fingerprint density at radius 1 is 1.17 bits per heavy atom. The topological polar surface area (TPSA) is 58.4 Å². The number of hydrogen-bond donors (Lipinski definition) is 2. The van der Waals surface area contributed by atoms with Gasteiger partial charge in [-0.05, 0) is 76.7 Å². The predicted octanol–water partition coefficient (Wildman–Crippen LogP) is 2.77. The largest absolute Gasteiger partial charge is 0.354 e. The third-order valence-corrected chi connectivity index (χ3v) is 6.99. The van der Waals surface area contributed by atoms with Crippen LogP contribution in [-0.2, 0) is 4.79 Å². The second-order valence-electron chi connectivity index (χ2n) is 9.42. The molecule has 1 heterocycles. The minimum atomic E-state index is 0.0469. The van der Waals surface area contributed by atoms with Gasteiger partial charge in [0.2, 0.25) is 5.91 Å². The SMILES string of the molecule is CC1CCCN(C(C)(C)CNC(=O)C2CC3CCCC(C2)C3N)C1. The van der Waals surface area contributed by atoms with Crippen LogP contribution < -0.4 is 11.1 Å². The van der Waals surface area contributed by atoms with E-state index >= 15 is 0 Å². The van der Waals surface area contributed by atoms with Crippen molar-refractivity contribution in [3.8, 4) is 0 Å². The molecular formula is C20H37N3O. The van der Waals surface area contributed by atoms with Gasteiger partial charge in [0, 0.05) is 30.6 Å². The van der Waals surface area contributed by atoms with Crippen molar-refractivity contribution in [2.75, 3.05) is 19.6 Å². The van der Waals surface area contributed by atoms with E-state index in [0.29, 0.717) is 17.9 Å². The molecule has 4 nitrogen and oxygen atoms in total. The van der Waals surface area contributed by atoms with Crippen LogP contribution >= 0.6 is 0 Å². The number of carbonyl (C=O) groups is 1. The fourth-order valence-corrected chi connectivity index (χ4v) is 5.30. The normalized spacial score (nSPS) is 37.9. The number of nitrogens with one attached hydrogen (secondary N) is 1. The number of fused-ring (bicyclic) bond motifs is 2. The second kappa shape index (κ2) is 7.33. The van der Waals surface area contributed by atoms with Gasteiger partial charge in [-0.1, -0.05) is 13.3 Å². The van der Waals surface area contributed by atoms with Gasteiger partial charge in [-0.15, -0.1) is 0 Å². The molecule has 3 atom stereocenters. The first kappa shape index (κ1) is 18.2. The molecule has 1 saturated heterocycles. The molecule has 3 N–H and O–H groups in total. The molecule has 3 rings (SSSR count). The van der Waals surface area contributed by atoms with Crippen molar-refractivity contribution < 1.29 is 4.79 Å². The Kier molecular flexibility index (Phi) is 5.55. The fraction of sp³-hybridized carbons (Fsp3) is 0.950. The number of amides is 1. The highest BCUT2D eigenvalue weighted by Gasteiger charge is 2.41. The molecule has 2 saturated carbocycles. The average Bonchev–Trinajstić information content (AvgIpc) is 2.52. The van der Waals surface area contributed by atoms with Gasteiger partial charge in [0.15, 0.2) is 0 Å². The molecule has 0 aromatic carbocycles. The number of nitrogens with two attached hydrogens (primary N) is 1. The van der Waals surface area contributed by atoms with E-state index in [1.54, 1.807) is 0 Å². The Hall–Kier alpha value is -0.610. The van der Waals surface area contributed by atoms with Gasteiger partial charge in [0.25, 0.3) is 0 Å². The zero-order valence-corrected chi connectivity index (χ0v) is 15.9. The average molecular weight is 336 g/mol. The molecule has 0 spiro atoms. The Labute approximate surface area is 147 Å². The van der Waals surface area contributed by atoms with Crippen molar-refractivity contribution in [1.82, 2.24) is 10.2 Å². The van der Waals surface area contributed by atoms with Gasteiger partial charge in [0.05, 0.1) is 0 Å². The Balaban J connectivity index is 1.51. The second-order valence-corrected chi connectivity index (χ2v) is 9.42. The summed E-state index contributed by atoms with van der Waals surface area (Å²) >= 11 is 0. The van der Waals surface area contributed by atoms with E-state index in [9.17, 15) is 4.79 Å². The summed E-state index contributed by atoms with van der Waals surface area (Å²) < 4.78 is 0. The quantitative estimate of drug-likeness (QED) is 0.830. The lowest BCUT2D eigenvalue weighted by Gasteiger charge is -2.45. The van der Waals surface area contributed by atoms with Crippen LogP contribution in [0, 0.1) is 23.7 Å². The van der Waals surface area contributed by atoms with Crippen LogP contribution in [0.5, 0.6) is 0 Å². The van der Waals surface area contributed by atoms with Crippen LogP contribution in [0.25, 0.3) is 0 Å². The van der Waals surface area contributed by atoms with Gasteiger partial charge in [-0.25, -0.2) is 0 Å². The smallest absolute Gasteiger partial charge is 0.223 e. The van der Waals surface area contributed by atoms with Gasteiger partial charge < -0.3 is 11.1 Å². The van der Waals surface area contributed by atoms with Crippen LogP contribution in [0.2, 0.25) is 0 Å². The van der Waals surface area contributed by atoms with Gasteiger partial charge >= 0.3 is 0 Å². The van der Waals surface area contributed by atoms with E-state index in [1.807, 2.05) is 0 Å². The third kappa shape index (κ3) is 3.96. The lowest BCUT2D eigenvalue weighted by atomic mass is 9.65. The maximum Gasteiger partial charge on any atom is 0.223 e. The Morgan fingerprint density at radius 2 is 1.83 bits per heavy atom. The van der Waals surface area contributed by atoms with E-state index in [-0.39, 0.29) is 17.4 Å². The molecule has 24 heavy (non-hydrogen) atoms. The van der Waals surface area contributed by atoms with Gasteiger partial charge in [0.1, 0.15) is 0 Å². The molecule has 2 aliphatic carbocycles. The number of hydrogen-bond acceptors (Lipinski definition) is 3. The first-order valence-corrected chi connectivity index (χ1v) is 10.1. The van der Waals surface area contributed by atoms with Crippen LogP contribution in [0.15, 0.2) is 0 Å². The summed E-state index contributed by atoms with van der Waals surface area (Å²) in [5, 5.41) is 3.29. The first-order chi connectivity index (χ1) is 11.4. The van der Waals surface area contributed by atoms with E-state index in [4.69, 9.17) is 5.73 Å². The van der Waals surface area contributed by atoms with Crippen LogP contribution in [-0.4, -0.2) is 42.0 Å². The summed E-state index contributed by atoms with van der Waals surface area (Å²) in [5.74, 6) is 2.38. The van der Waals surface area contributed by atoms with Crippen molar-refractivity contribution in [2.24, 2.45) is 29.4 Å². The molecule has 3 aliphatic rings. The molecular weight excluding hydrogens is 298 g/mol. The fourth-order valence-electron chi connectivity index (χ4n) is 5.30. The number of carbonyl (C=O) groups excluding carboxylic acids is 1.